The molecular formula is C16H26N4O2. The Balaban J connectivity index is 1.84. The lowest BCUT2D eigenvalue weighted by molar-refractivity contribution is 0.158. The van der Waals surface area contributed by atoms with Crippen molar-refractivity contribution in [2.75, 3.05) is 32.2 Å². The molecule has 2 bridgehead atoms. The maximum absolute atomic E-state index is 5.27. The number of nitrogens with zero attached hydrogens (tertiary/aromatic N) is 4. The molecule has 0 aliphatic carbocycles. The van der Waals surface area contributed by atoms with E-state index < -0.39 is 0 Å². The van der Waals surface area contributed by atoms with Crippen molar-refractivity contribution in [1.82, 2.24) is 14.9 Å². The van der Waals surface area contributed by atoms with Crippen LogP contribution in [0.5, 0.6) is 11.8 Å². The number of hydrogen-bond donors (Lipinski definition) is 0. The average molecular weight is 306 g/mol. The molecule has 0 saturated carbocycles. The van der Waals surface area contributed by atoms with E-state index in [-0.39, 0.29) is 0 Å². The van der Waals surface area contributed by atoms with Crippen molar-refractivity contribution in [1.29, 1.82) is 0 Å². The van der Waals surface area contributed by atoms with Gasteiger partial charge in [0, 0.05) is 31.2 Å². The molecule has 3 rings (SSSR count). The third kappa shape index (κ3) is 2.84. The summed E-state index contributed by atoms with van der Waals surface area (Å²) in [5.74, 6) is 1.82. The summed E-state index contributed by atoms with van der Waals surface area (Å²) in [6.45, 7) is 6.56. The molecule has 122 valence electrons. The Labute approximate surface area is 132 Å². The van der Waals surface area contributed by atoms with Crippen LogP contribution in [-0.4, -0.2) is 60.3 Å². The van der Waals surface area contributed by atoms with E-state index in [1.54, 1.807) is 20.3 Å². The molecule has 2 fully saturated rings. The van der Waals surface area contributed by atoms with Crippen molar-refractivity contribution in [2.45, 2.75) is 51.2 Å². The van der Waals surface area contributed by atoms with Crippen LogP contribution < -0.4 is 14.4 Å². The topological polar surface area (TPSA) is 50.7 Å². The molecule has 0 amide bonds. The van der Waals surface area contributed by atoms with Crippen LogP contribution in [0.15, 0.2) is 6.07 Å². The summed E-state index contributed by atoms with van der Waals surface area (Å²) < 4.78 is 10.5. The molecule has 2 aliphatic heterocycles. The van der Waals surface area contributed by atoms with E-state index in [0.29, 0.717) is 35.8 Å². The molecule has 2 unspecified atom stereocenters. The van der Waals surface area contributed by atoms with Gasteiger partial charge in [-0.25, -0.2) is 0 Å². The van der Waals surface area contributed by atoms with Crippen molar-refractivity contribution < 1.29 is 9.47 Å². The van der Waals surface area contributed by atoms with Gasteiger partial charge in [0.25, 0.3) is 0 Å². The lowest BCUT2D eigenvalue weighted by atomic mass is 10.1. The standard InChI is InChI=1S/C16H26N4O2/c1-11(2)20-12-5-6-13(20)10-19(8-7-12)16-17-14(21-3)9-15(18-16)22-4/h9,11-13H,5-8,10H2,1-4H3. The van der Waals surface area contributed by atoms with Gasteiger partial charge in [-0.3, -0.25) is 4.90 Å². The van der Waals surface area contributed by atoms with Crippen LogP contribution in [0.4, 0.5) is 5.95 Å². The molecule has 3 heterocycles. The molecule has 2 saturated heterocycles. The summed E-state index contributed by atoms with van der Waals surface area (Å²) in [6.07, 6.45) is 3.75. The SMILES string of the molecule is COc1cc(OC)nc(N2CCC3CCC(C2)N3C(C)C)n1. The molecule has 1 aromatic heterocycles. The van der Waals surface area contributed by atoms with Crippen LogP contribution in [0.25, 0.3) is 0 Å². The number of fused-ring (bicyclic) bond motifs is 2. The van der Waals surface area contributed by atoms with Crippen LogP contribution in [0.3, 0.4) is 0 Å². The first kappa shape index (κ1) is 15.3. The highest BCUT2D eigenvalue weighted by Gasteiger charge is 2.39. The maximum Gasteiger partial charge on any atom is 0.232 e. The summed E-state index contributed by atoms with van der Waals surface area (Å²) in [5.41, 5.74) is 0. The first-order chi connectivity index (χ1) is 10.6. The second kappa shape index (κ2) is 6.28. The van der Waals surface area contributed by atoms with Crippen molar-refractivity contribution in [3.05, 3.63) is 6.07 Å². The summed E-state index contributed by atoms with van der Waals surface area (Å²) in [6, 6.07) is 3.60. The van der Waals surface area contributed by atoms with Crippen molar-refractivity contribution >= 4 is 5.95 Å². The van der Waals surface area contributed by atoms with E-state index in [9.17, 15) is 0 Å². The molecule has 1 aromatic rings. The van der Waals surface area contributed by atoms with Gasteiger partial charge in [0.05, 0.1) is 20.3 Å². The van der Waals surface area contributed by atoms with Crippen molar-refractivity contribution in [3.8, 4) is 11.8 Å². The van der Waals surface area contributed by atoms with Gasteiger partial charge in [-0.15, -0.1) is 0 Å². The predicted octanol–water partition coefficient (Wildman–Crippen LogP) is 1.95. The Morgan fingerprint density at radius 1 is 1.05 bits per heavy atom. The van der Waals surface area contributed by atoms with Gasteiger partial charge in [0.2, 0.25) is 17.7 Å². The summed E-state index contributed by atoms with van der Waals surface area (Å²) in [7, 11) is 3.24. The molecule has 0 aromatic carbocycles. The van der Waals surface area contributed by atoms with Crippen LogP contribution in [-0.2, 0) is 0 Å². The van der Waals surface area contributed by atoms with Gasteiger partial charge in [0.1, 0.15) is 0 Å². The fourth-order valence-corrected chi connectivity index (χ4v) is 3.88. The van der Waals surface area contributed by atoms with Crippen molar-refractivity contribution in [3.63, 3.8) is 0 Å². The second-order valence-electron chi connectivity index (χ2n) is 6.41. The van der Waals surface area contributed by atoms with E-state index in [1.165, 1.54) is 12.8 Å². The van der Waals surface area contributed by atoms with E-state index in [4.69, 9.17) is 9.47 Å². The largest absolute Gasteiger partial charge is 0.481 e. The van der Waals surface area contributed by atoms with Gasteiger partial charge in [-0.2, -0.15) is 9.97 Å². The summed E-state index contributed by atoms with van der Waals surface area (Å²) in [5, 5.41) is 0. The van der Waals surface area contributed by atoms with Gasteiger partial charge in [-0.05, 0) is 33.1 Å². The Morgan fingerprint density at radius 3 is 2.27 bits per heavy atom. The van der Waals surface area contributed by atoms with Gasteiger partial charge < -0.3 is 14.4 Å². The van der Waals surface area contributed by atoms with Gasteiger partial charge >= 0.3 is 0 Å². The van der Waals surface area contributed by atoms with Crippen LogP contribution in [0, 0.1) is 0 Å². The Bertz CT molecular complexity index is 501. The van der Waals surface area contributed by atoms with Crippen LogP contribution in [0.2, 0.25) is 0 Å². The Hall–Kier alpha value is -1.56. The number of methoxy groups -OCH3 is 2. The number of ether oxygens (including phenoxy) is 2. The van der Waals surface area contributed by atoms with E-state index in [2.05, 4.69) is 33.6 Å². The van der Waals surface area contributed by atoms with E-state index in [1.807, 2.05) is 0 Å². The molecule has 0 N–H and O–H groups in total. The molecule has 0 spiro atoms. The number of rotatable bonds is 4. The van der Waals surface area contributed by atoms with E-state index in [0.717, 1.165) is 19.5 Å². The molecule has 22 heavy (non-hydrogen) atoms. The minimum absolute atomic E-state index is 0.553. The zero-order valence-corrected chi connectivity index (χ0v) is 14.0. The number of anilines is 1. The first-order valence-corrected chi connectivity index (χ1v) is 8.11. The van der Waals surface area contributed by atoms with Crippen molar-refractivity contribution in [2.24, 2.45) is 0 Å². The predicted molar refractivity (Wildman–Crippen MR) is 85.8 cm³/mol. The number of aromatic nitrogens is 2. The average Bonchev–Trinajstić information content (AvgIpc) is 2.81. The van der Waals surface area contributed by atoms with Crippen LogP contribution >= 0.6 is 0 Å². The zero-order chi connectivity index (χ0) is 15.7. The monoisotopic (exact) mass is 306 g/mol. The number of hydrogen-bond acceptors (Lipinski definition) is 6. The highest BCUT2D eigenvalue weighted by molar-refractivity contribution is 5.37. The molecule has 6 nitrogen and oxygen atoms in total. The minimum atomic E-state index is 0.553. The summed E-state index contributed by atoms with van der Waals surface area (Å²) >= 11 is 0. The van der Waals surface area contributed by atoms with Crippen LogP contribution in [0.1, 0.15) is 33.1 Å². The highest BCUT2D eigenvalue weighted by atomic mass is 16.5. The molecule has 0 radical (unpaired) electrons. The first-order valence-electron chi connectivity index (χ1n) is 8.11. The molecule has 2 atom stereocenters. The molecule has 6 heteroatoms. The zero-order valence-electron chi connectivity index (χ0n) is 14.0. The molecular weight excluding hydrogens is 280 g/mol. The molecule has 2 aliphatic rings. The highest BCUT2D eigenvalue weighted by Crippen LogP contribution is 2.33. The quantitative estimate of drug-likeness (QED) is 0.847. The fraction of sp³-hybridized carbons (Fsp3) is 0.750. The Kier molecular flexibility index (Phi) is 4.38. The second-order valence-corrected chi connectivity index (χ2v) is 6.41. The lowest BCUT2D eigenvalue weighted by Crippen LogP contribution is -2.43. The third-order valence-corrected chi connectivity index (χ3v) is 4.80. The third-order valence-electron chi connectivity index (χ3n) is 4.80. The van der Waals surface area contributed by atoms with E-state index >= 15 is 0 Å². The maximum atomic E-state index is 5.27. The normalized spacial score (nSPS) is 25.4. The Morgan fingerprint density at radius 2 is 1.68 bits per heavy atom. The lowest BCUT2D eigenvalue weighted by Gasteiger charge is -2.32. The minimum Gasteiger partial charge on any atom is -0.481 e. The smallest absolute Gasteiger partial charge is 0.232 e. The summed E-state index contributed by atoms with van der Waals surface area (Å²) in [4.78, 5) is 14.0. The van der Waals surface area contributed by atoms with Gasteiger partial charge in [-0.1, -0.05) is 0 Å². The van der Waals surface area contributed by atoms with Gasteiger partial charge in [0.15, 0.2) is 0 Å². The fourth-order valence-electron chi connectivity index (χ4n) is 3.88.